The third-order valence-electron chi connectivity index (χ3n) is 3.12. The predicted molar refractivity (Wildman–Crippen MR) is 82.7 cm³/mol. The zero-order valence-electron chi connectivity index (χ0n) is 11.2. The minimum atomic E-state index is -0.344. The van der Waals surface area contributed by atoms with Gasteiger partial charge >= 0.3 is 0 Å². The number of hydrogen-bond donors (Lipinski definition) is 1. The summed E-state index contributed by atoms with van der Waals surface area (Å²) in [4.78, 5) is 0. The second-order valence-electron chi connectivity index (χ2n) is 4.60. The molecule has 0 saturated heterocycles. The highest BCUT2D eigenvalue weighted by Gasteiger charge is 2.13. The molecule has 0 saturated carbocycles. The van der Waals surface area contributed by atoms with E-state index in [0.717, 1.165) is 17.1 Å². The van der Waals surface area contributed by atoms with E-state index in [1.54, 1.807) is 12.1 Å². The molecule has 1 unspecified atom stereocenters. The molecule has 1 aromatic heterocycles. The van der Waals surface area contributed by atoms with E-state index in [0.29, 0.717) is 11.0 Å². The lowest BCUT2D eigenvalue weighted by molar-refractivity contribution is 0.480. The fourth-order valence-electron chi connectivity index (χ4n) is 2.03. The van der Waals surface area contributed by atoms with Crippen LogP contribution in [0.25, 0.3) is 0 Å². The Labute approximate surface area is 127 Å². The number of halogens is 1. The van der Waals surface area contributed by atoms with E-state index in [1.165, 1.54) is 0 Å². The summed E-state index contributed by atoms with van der Waals surface area (Å²) in [5, 5.41) is 0.337. The number of para-hydroxylation sites is 1. The second-order valence-corrected chi connectivity index (χ2v) is 4.98. The van der Waals surface area contributed by atoms with Crippen molar-refractivity contribution in [3.8, 4) is 11.5 Å². The van der Waals surface area contributed by atoms with Gasteiger partial charge in [-0.05, 0) is 53.6 Å². The van der Waals surface area contributed by atoms with Gasteiger partial charge in [-0.3, -0.25) is 0 Å². The smallest absolute Gasteiger partial charge is 0.193 e. The molecule has 0 bridgehead atoms. The van der Waals surface area contributed by atoms with Gasteiger partial charge in [-0.2, -0.15) is 0 Å². The van der Waals surface area contributed by atoms with Crippen LogP contribution in [0.5, 0.6) is 11.5 Å². The molecule has 0 aliphatic rings. The van der Waals surface area contributed by atoms with Gasteiger partial charge in [0.15, 0.2) is 5.22 Å². The van der Waals surface area contributed by atoms with E-state index < -0.39 is 0 Å². The Morgan fingerprint density at radius 2 is 1.52 bits per heavy atom. The molecule has 3 nitrogen and oxygen atoms in total. The molecule has 0 aliphatic carbocycles. The largest absolute Gasteiger partial charge is 0.457 e. The SMILES string of the molecule is NC(c1ccc(Oc2ccccc2)cc1)c1ccc(Cl)o1. The van der Waals surface area contributed by atoms with E-state index in [4.69, 9.17) is 26.5 Å². The summed E-state index contributed by atoms with van der Waals surface area (Å²) in [7, 11) is 0. The van der Waals surface area contributed by atoms with Crippen molar-refractivity contribution in [3.63, 3.8) is 0 Å². The summed E-state index contributed by atoms with van der Waals surface area (Å²) in [6.07, 6.45) is 0. The number of rotatable bonds is 4. The van der Waals surface area contributed by atoms with Gasteiger partial charge in [0.2, 0.25) is 0 Å². The van der Waals surface area contributed by atoms with Crippen LogP contribution < -0.4 is 10.5 Å². The van der Waals surface area contributed by atoms with Gasteiger partial charge in [0, 0.05) is 0 Å². The summed E-state index contributed by atoms with van der Waals surface area (Å²) in [6, 6.07) is 20.3. The van der Waals surface area contributed by atoms with Gasteiger partial charge in [0.05, 0.1) is 6.04 Å². The third-order valence-corrected chi connectivity index (χ3v) is 3.32. The van der Waals surface area contributed by atoms with Crippen molar-refractivity contribution in [3.05, 3.63) is 83.3 Å². The van der Waals surface area contributed by atoms with Gasteiger partial charge in [-0.1, -0.05) is 30.3 Å². The average Bonchev–Trinajstić information content (AvgIpc) is 2.95. The first kappa shape index (κ1) is 13.7. The second kappa shape index (κ2) is 6.04. The number of hydrogen-bond acceptors (Lipinski definition) is 3. The predicted octanol–water partition coefficient (Wildman–Crippen LogP) is 4.77. The zero-order valence-corrected chi connectivity index (χ0v) is 12.0. The summed E-state index contributed by atoms with van der Waals surface area (Å²) >= 11 is 5.77. The summed E-state index contributed by atoms with van der Waals surface area (Å²) in [5.74, 6) is 2.19. The highest BCUT2D eigenvalue weighted by molar-refractivity contribution is 6.28. The molecule has 21 heavy (non-hydrogen) atoms. The molecule has 2 aromatic carbocycles. The molecule has 3 rings (SSSR count). The summed E-state index contributed by atoms with van der Waals surface area (Å²) in [6.45, 7) is 0. The standard InChI is InChI=1S/C17H14ClNO2/c18-16-11-10-15(21-16)17(19)12-6-8-14(9-7-12)20-13-4-2-1-3-5-13/h1-11,17H,19H2. The number of nitrogens with two attached hydrogens (primary N) is 1. The number of benzene rings is 2. The van der Waals surface area contributed by atoms with Crippen LogP contribution in [0.3, 0.4) is 0 Å². The summed E-state index contributed by atoms with van der Waals surface area (Å²) in [5.41, 5.74) is 7.07. The monoisotopic (exact) mass is 299 g/mol. The topological polar surface area (TPSA) is 48.4 Å². The highest BCUT2D eigenvalue weighted by atomic mass is 35.5. The van der Waals surface area contributed by atoms with E-state index in [9.17, 15) is 0 Å². The first-order chi connectivity index (χ1) is 10.2. The molecule has 1 atom stereocenters. The molecular weight excluding hydrogens is 286 g/mol. The lowest BCUT2D eigenvalue weighted by atomic mass is 10.1. The van der Waals surface area contributed by atoms with Crippen LogP contribution >= 0.6 is 11.6 Å². The van der Waals surface area contributed by atoms with Crippen LogP contribution in [0.15, 0.2) is 71.1 Å². The van der Waals surface area contributed by atoms with E-state index in [1.807, 2.05) is 54.6 Å². The van der Waals surface area contributed by atoms with E-state index in [-0.39, 0.29) is 6.04 Å². The molecule has 2 N–H and O–H groups in total. The van der Waals surface area contributed by atoms with Crippen molar-refractivity contribution >= 4 is 11.6 Å². The normalized spacial score (nSPS) is 12.1. The molecule has 4 heteroatoms. The Balaban J connectivity index is 1.75. The molecule has 0 amide bonds. The molecule has 0 spiro atoms. The van der Waals surface area contributed by atoms with Crippen LogP contribution in [0, 0.1) is 0 Å². The van der Waals surface area contributed by atoms with E-state index in [2.05, 4.69) is 0 Å². The average molecular weight is 300 g/mol. The van der Waals surface area contributed by atoms with Crippen molar-refractivity contribution in [1.82, 2.24) is 0 Å². The van der Waals surface area contributed by atoms with Gasteiger partial charge in [0.25, 0.3) is 0 Å². The van der Waals surface area contributed by atoms with Crippen molar-refractivity contribution in [2.45, 2.75) is 6.04 Å². The van der Waals surface area contributed by atoms with Crippen LogP contribution in [-0.2, 0) is 0 Å². The Bertz CT molecular complexity index is 707. The maximum atomic E-state index is 6.14. The van der Waals surface area contributed by atoms with Crippen molar-refractivity contribution in [2.24, 2.45) is 5.73 Å². The van der Waals surface area contributed by atoms with Gasteiger partial charge in [0.1, 0.15) is 17.3 Å². The molecule has 0 fully saturated rings. The van der Waals surface area contributed by atoms with Crippen LogP contribution in [0.4, 0.5) is 0 Å². The maximum absolute atomic E-state index is 6.14. The molecule has 0 radical (unpaired) electrons. The quantitative estimate of drug-likeness (QED) is 0.754. The lowest BCUT2D eigenvalue weighted by Gasteiger charge is -2.10. The van der Waals surface area contributed by atoms with Gasteiger partial charge in [-0.15, -0.1) is 0 Å². The molecular formula is C17H14ClNO2. The first-order valence-electron chi connectivity index (χ1n) is 6.56. The van der Waals surface area contributed by atoms with Gasteiger partial charge in [-0.25, -0.2) is 0 Å². The van der Waals surface area contributed by atoms with Crippen molar-refractivity contribution in [2.75, 3.05) is 0 Å². The Morgan fingerprint density at radius 3 is 2.14 bits per heavy atom. The van der Waals surface area contributed by atoms with Crippen molar-refractivity contribution in [1.29, 1.82) is 0 Å². The van der Waals surface area contributed by atoms with Crippen LogP contribution in [0.1, 0.15) is 17.4 Å². The highest BCUT2D eigenvalue weighted by Crippen LogP contribution is 2.27. The molecule has 0 aliphatic heterocycles. The van der Waals surface area contributed by atoms with Crippen LogP contribution in [0.2, 0.25) is 5.22 Å². The Morgan fingerprint density at radius 1 is 0.857 bits per heavy atom. The molecule has 106 valence electrons. The molecule has 3 aromatic rings. The number of ether oxygens (including phenoxy) is 1. The van der Waals surface area contributed by atoms with Gasteiger partial charge < -0.3 is 14.9 Å². The fourth-order valence-corrected chi connectivity index (χ4v) is 2.18. The Kier molecular flexibility index (Phi) is 3.95. The van der Waals surface area contributed by atoms with E-state index >= 15 is 0 Å². The lowest BCUT2D eigenvalue weighted by Crippen LogP contribution is -2.10. The Hall–Kier alpha value is -2.23. The summed E-state index contributed by atoms with van der Waals surface area (Å²) < 4.78 is 11.1. The maximum Gasteiger partial charge on any atom is 0.193 e. The zero-order chi connectivity index (χ0) is 14.7. The fraction of sp³-hybridized carbons (Fsp3) is 0.0588. The van der Waals surface area contributed by atoms with Crippen molar-refractivity contribution < 1.29 is 9.15 Å². The first-order valence-corrected chi connectivity index (χ1v) is 6.94. The third kappa shape index (κ3) is 3.27. The minimum absolute atomic E-state index is 0.337. The number of furan rings is 1. The minimum Gasteiger partial charge on any atom is -0.457 e. The van der Waals surface area contributed by atoms with Crippen LogP contribution in [-0.4, -0.2) is 0 Å². The molecule has 1 heterocycles.